The summed E-state index contributed by atoms with van der Waals surface area (Å²) >= 11 is 1.52. The SMILES string of the molecule is COc1ccc(-c2nc(N3CCCNC3=O)sc2-c2ccncc2)cc1. The molecular formula is C19H18N4O2S. The van der Waals surface area contributed by atoms with Crippen LogP contribution in [0.1, 0.15) is 6.42 Å². The van der Waals surface area contributed by atoms with Crippen LogP contribution >= 0.6 is 11.3 Å². The molecule has 1 aromatic carbocycles. The molecule has 3 aromatic rings. The molecule has 26 heavy (non-hydrogen) atoms. The Hall–Kier alpha value is -2.93. The van der Waals surface area contributed by atoms with Crippen LogP contribution in [0.5, 0.6) is 5.75 Å². The zero-order chi connectivity index (χ0) is 17.9. The average molecular weight is 366 g/mol. The third-order valence-electron chi connectivity index (χ3n) is 4.23. The number of hydrogen-bond donors (Lipinski definition) is 1. The molecule has 132 valence electrons. The lowest BCUT2D eigenvalue weighted by Gasteiger charge is -2.24. The molecule has 0 saturated carbocycles. The number of aromatic nitrogens is 2. The first-order valence-corrected chi connectivity index (χ1v) is 9.19. The third kappa shape index (κ3) is 3.13. The van der Waals surface area contributed by atoms with E-state index in [9.17, 15) is 4.79 Å². The molecule has 0 bridgehead atoms. The molecule has 2 amide bonds. The number of ether oxygens (including phenoxy) is 1. The molecular weight excluding hydrogens is 348 g/mol. The second kappa shape index (κ2) is 7.13. The van der Waals surface area contributed by atoms with E-state index in [4.69, 9.17) is 9.72 Å². The van der Waals surface area contributed by atoms with Crippen molar-refractivity contribution < 1.29 is 9.53 Å². The number of carbonyl (C=O) groups is 1. The molecule has 6 nitrogen and oxygen atoms in total. The Morgan fingerprint density at radius 1 is 1.12 bits per heavy atom. The van der Waals surface area contributed by atoms with Gasteiger partial charge in [0.15, 0.2) is 5.13 Å². The van der Waals surface area contributed by atoms with Crippen LogP contribution < -0.4 is 15.0 Å². The standard InChI is InChI=1S/C19H18N4O2S/c1-25-15-5-3-13(4-6-15)16-17(14-7-10-20-11-8-14)26-19(22-16)23-12-2-9-21-18(23)24/h3-8,10-11H,2,9,12H2,1H3,(H,21,24). The highest BCUT2D eigenvalue weighted by atomic mass is 32.1. The monoisotopic (exact) mass is 366 g/mol. The Labute approximate surface area is 155 Å². The van der Waals surface area contributed by atoms with Crippen LogP contribution in [-0.4, -0.2) is 36.2 Å². The number of benzene rings is 1. The van der Waals surface area contributed by atoms with Gasteiger partial charge in [-0.3, -0.25) is 9.88 Å². The first kappa shape index (κ1) is 16.5. The predicted molar refractivity (Wildman–Crippen MR) is 103 cm³/mol. The molecule has 0 unspecified atom stereocenters. The van der Waals surface area contributed by atoms with E-state index < -0.39 is 0 Å². The van der Waals surface area contributed by atoms with Crippen molar-refractivity contribution in [2.24, 2.45) is 0 Å². The molecule has 1 N–H and O–H groups in total. The molecule has 1 aliphatic heterocycles. The summed E-state index contributed by atoms with van der Waals surface area (Å²) < 4.78 is 5.25. The van der Waals surface area contributed by atoms with Crippen molar-refractivity contribution in [2.45, 2.75) is 6.42 Å². The van der Waals surface area contributed by atoms with Gasteiger partial charge >= 0.3 is 6.03 Å². The summed E-state index contributed by atoms with van der Waals surface area (Å²) in [6.07, 6.45) is 4.44. The van der Waals surface area contributed by atoms with Crippen LogP contribution in [0, 0.1) is 0 Å². The number of nitrogens with one attached hydrogen (secondary N) is 1. The van der Waals surface area contributed by atoms with E-state index in [1.54, 1.807) is 24.4 Å². The normalized spacial score (nSPS) is 14.2. The smallest absolute Gasteiger partial charge is 0.323 e. The molecule has 0 spiro atoms. The number of urea groups is 1. The van der Waals surface area contributed by atoms with E-state index >= 15 is 0 Å². The summed E-state index contributed by atoms with van der Waals surface area (Å²) in [4.78, 5) is 23.9. The zero-order valence-electron chi connectivity index (χ0n) is 14.3. The highest BCUT2D eigenvalue weighted by Gasteiger charge is 2.25. The van der Waals surface area contributed by atoms with Gasteiger partial charge in [-0.15, -0.1) is 0 Å². The molecule has 3 heterocycles. The quantitative estimate of drug-likeness (QED) is 0.763. The summed E-state index contributed by atoms with van der Waals surface area (Å²) in [6.45, 7) is 1.39. The first-order chi connectivity index (χ1) is 12.8. The molecule has 4 rings (SSSR count). The molecule has 2 aromatic heterocycles. The lowest BCUT2D eigenvalue weighted by molar-refractivity contribution is 0.243. The minimum Gasteiger partial charge on any atom is -0.497 e. The van der Waals surface area contributed by atoms with Gasteiger partial charge < -0.3 is 10.1 Å². The Balaban J connectivity index is 1.81. The van der Waals surface area contributed by atoms with E-state index in [-0.39, 0.29) is 6.03 Å². The highest BCUT2D eigenvalue weighted by Crippen LogP contribution is 2.40. The van der Waals surface area contributed by atoms with Crippen molar-refractivity contribution in [2.75, 3.05) is 25.1 Å². The Kier molecular flexibility index (Phi) is 4.53. The summed E-state index contributed by atoms with van der Waals surface area (Å²) in [5.41, 5.74) is 2.88. The second-order valence-electron chi connectivity index (χ2n) is 5.88. The van der Waals surface area contributed by atoms with Gasteiger partial charge in [0.1, 0.15) is 5.75 Å². The third-order valence-corrected chi connectivity index (χ3v) is 5.36. The lowest BCUT2D eigenvalue weighted by atomic mass is 10.1. The van der Waals surface area contributed by atoms with E-state index in [1.807, 2.05) is 36.4 Å². The van der Waals surface area contributed by atoms with Crippen LogP contribution in [0.4, 0.5) is 9.93 Å². The molecule has 7 heteroatoms. The molecule has 1 fully saturated rings. The topological polar surface area (TPSA) is 67.3 Å². The van der Waals surface area contributed by atoms with E-state index in [0.29, 0.717) is 18.2 Å². The van der Waals surface area contributed by atoms with Gasteiger partial charge in [-0.25, -0.2) is 9.78 Å². The average Bonchev–Trinajstić information content (AvgIpc) is 3.14. The summed E-state index contributed by atoms with van der Waals surface area (Å²) in [5.74, 6) is 0.796. The molecule has 0 aliphatic carbocycles. The molecule has 0 radical (unpaired) electrons. The van der Waals surface area contributed by atoms with Gasteiger partial charge in [0.2, 0.25) is 0 Å². The summed E-state index contributed by atoms with van der Waals surface area (Å²) in [5, 5.41) is 3.59. The fourth-order valence-electron chi connectivity index (χ4n) is 2.88. The number of anilines is 1. The van der Waals surface area contributed by atoms with Crippen molar-refractivity contribution in [3.8, 4) is 27.4 Å². The lowest BCUT2D eigenvalue weighted by Crippen LogP contribution is -2.46. The number of thiazole rings is 1. The first-order valence-electron chi connectivity index (χ1n) is 8.37. The largest absolute Gasteiger partial charge is 0.497 e. The van der Waals surface area contributed by atoms with Gasteiger partial charge in [-0.2, -0.15) is 0 Å². The maximum Gasteiger partial charge on any atom is 0.323 e. The second-order valence-corrected chi connectivity index (χ2v) is 6.85. The highest BCUT2D eigenvalue weighted by molar-refractivity contribution is 7.19. The van der Waals surface area contributed by atoms with Crippen molar-refractivity contribution in [3.63, 3.8) is 0 Å². The maximum absolute atomic E-state index is 12.2. The fraction of sp³-hybridized carbons (Fsp3) is 0.211. The Morgan fingerprint density at radius 3 is 2.58 bits per heavy atom. The number of nitrogens with zero attached hydrogens (tertiary/aromatic N) is 3. The number of carbonyl (C=O) groups excluding carboxylic acids is 1. The number of pyridine rings is 1. The molecule has 0 atom stereocenters. The van der Waals surface area contributed by atoms with Gasteiger partial charge in [-0.05, 0) is 48.4 Å². The van der Waals surface area contributed by atoms with Crippen LogP contribution in [-0.2, 0) is 0 Å². The number of hydrogen-bond acceptors (Lipinski definition) is 5. The van der Waals surface area contributed by atoms with Crippen molar-refractivity contribution in [1.82, 2.24) is 15.3 Å². The van der Waals surface area contributed by atoms with Gasteiger partial charge in [0.05, 0.1) is 17.7 Å². The van der Waals surface area contributed by atoms with E-state index in [0.717, 1.165) is 33.9 Å². The maximum atomic E-state index is 12.2. The summed E-state index contributed by atoms with van der Waals surface area (Å²) in [6, 6.07) is 11.6. The van der Waals surface area contributed by atoms with Crippen LogP contribution in [0.2, 0.25) is 0 Å². The van der Waals surface area contributed by atoms with Gasteiger partial charge in [0, 0.05) is 31.0 Å². The van der Waals surface area contributed by atoms with Crippen LogP contribution in [0.25, 0.3) is 21.7 Å². The minimum atomic E-state index is -0.0902. The van der Waals surface area contributed by atoms with E-state index in [1.165, 1.54) is 11.3 Å². The van der Waals surface area contributed by atoms with Gasteiger partial charge in [-0.1, -0.05) is 11.3 Å². The van der Waals surface area contributed by atoms with Gasteiger partial charge in [0.25, 0.3) is 0 Å². The van der Waals surface area contributed by atoms with E-state index in [2.05, 4.69) is 10.3 Å². The Bertz CT molecular complexity index is 909. The predicted octanol–water partition coefficient (Wildman–Crippen LogP) is 3.80. The number of rotatable bonds is 4. The summed E-state index contributed by atoms with van der Waals surface area (Å²) in [7, 11) is 1.65. The zero-order valence-corrected chi connectivity index (χ0v) is 15.1. The molecule has 1 saturated heterocycles. The number of amides is 2. The van der Waals surface area contributed by atoms with Crippen molar-refractivity contribution >= 4 is 22.5 Å². The number of methoxy groups -OCH3 is 1. The van der Waals surface area contributed by atoms with Crippen LogP contribution in [0.3, 0.4) is 0 Å². The molecule has 1 aliphatic rings. The minimum absolute atomic E-state index is 0.0902. The fourth-order valence-corrected chi connectivity index (χ4v) is 4.00. The van der Waals surface area contributed by atoms with Crippen molar-refractivity contribution in [1.29, 1.82) is 0 Å². The Morgan fingerprint density at radius 2 is 1.88 bits per heavy atom. The van der Waals surface area contributed by atoms with Crippen LogP contribution in [0.15, 0.2) is 48.8 Å². The van der Waals surface area contributed by atoms with Crippen molar-refractivity contribution in [3.05, 3.63) is 48.8 Å².